The quantitative estimate of drug-likeness (QED) is 0.796. The van der Waals surface area contributed by atoms with Gasteiger partial charge in [-0.15, -0.1) is 0 Å². The van der Waals surface area contributed by atoms with Crippen LogP contribution in [0.3, 0.4) is 0 Å². The van der Waals surface area contributed by atoms with Gasteiger partial charge in [0.2, 0.25) is 0 Å². The Kier molecular flexibility index (Phi) is 5.57. The van der Waals surface area contributed by atoms with Crippen molar-refractivity contribution in [2.45, 2.75) is 18.9 Å². The number of rotatable bonds is 6. The maximum absolute atomic E-state index is 11.6. The first-order valence-electron chi connectivity index (χ1n) is 6.88. The summed E-state index contributed by atoms with van der Waals surface area (Å²) in [5.74, 6) is -0.0756. The predicted molar refractivity (Wildman–Crippen MR) is 75.3 cm³/mol. The first-order valence-corrected chi connectivity index (χ1v) is 6.88. The highest BCUT2D eigenvalue weighted by Gasteiger charge is 2.16. The molecule has 114 valence electrons. The van der Waals surface area contributed by atoms with Crippen LogP contribution < -0.4 is 10.1 Å². The van der Waals surface area contributed by atoms with Gasteiger partial charge in [-0.05, 0) is 37.1 Å². The van der Waals surface area contributed by atoms with Crippen LogP contribution in [0.4, 0.5) is 0 Å². The second-order valence-electron chi connectivity index (χ2n) is 4.74. The lowest BCUT2D eigenvalue weighted by Gasteiger charge is -2.11. The van der Waals surface area contributed by atoms with Crippen molar-refractivity contribution in [2.75, 3.05) is 26.9 Å². The average Bonchev–Trinajstić information content (AvgIpc) is 3.04. The molecule has 1 aliphatic heterocycles. The van der Waals surface area contributed by atoms with E-state index in [9.17, 15) is 9.59 Å². The van der Waals surface area contributed by atoms with Gasteiger partial charge < -0.3 is 19.5 Å². The standard InChI is InChI=1S/C15H19NO5/c1-19-15(18)11-4-6-12(7-5-11)21-10-14(17)16-9-13-3-2-8-20-13/h4-7,13H,2-3,8-10H2,1H3,(H,16,17). The molecule has 6 nitrogen and oxygen atoms in total. The Morgan fingerprint density at radius 1 is 1.33 bits per heavy atom. The van der Waals surface area contributed by atoms with Gasteiger partial charge in [-0.25, -0.2) is 4.79 Å². The Morgan fingerprint density at radius 3 is 2.71 bits per heavy atom. The van der Waals surface area contributed by atoms with E-state index in [1.165, 1.54) is 7.11 Å². The number of esters is 1. The molecule has 1 aromatic rings. The van der Waals surface area contributed by atoms with E-state index in [-0.39, 0.29) is 18.6 Å². The maximum atomic E-state index is 11.6. The van der Waals surface area contributed by atoms with E-state index in [1.807, 2.05) is 0 Å². The van der Waals surface area contributed by atoms with Gasteiger partial charge in [0.1, 0.15) is 5.75 Å². The van der Waals surface area contributed by atoms with E-state index in [4.69, 9.17) is 9.47 Å². The van der Waals surface area contributed by atoms with Gasteiger partial charge in [0.05, 0.1) is 18.8 Å². The van der Waals surface area contributed by atoms with Gasteiger partial charge in [0.25, 0.3) is 5.91 Å². The number of nitrogens with one attached hydrogen (secondary N) is 1. The fourth-order valence-electron chi connectivity index (χ4n) is 2.04. The molecule has 1 unspecified atom stereocenters. The van der Waals surface area contributed by atoms with Crippen molar-refractivity contribution < 1.29 is 23.8 Å². The van der Waals surface area contributed by atoms with Crippen molar-refractivity contribution in [3.8, 4) is 5.75 Å². The Balaban J connectivity index is 1.71. The summed E-state index contributed by atoms with van der Waals surface area (Å²) in [4.78, 5) is 22.9. The Labute approximate surface area is 123 Å². The van der Waals surface area contributed by atoms with E-state index < -0.39 is 5.97 Å². The van der Waals surface area contributed by atoms with Crippen molar-refractivity contribution >= 4 is 11.9 Å². The molecule has 21 heavy (non-hydrogen) atoms. The lowest BCUT2D eigenvalue weighted by molar-refractivity contribution is -0.123. The minimum absolute atomic E-state index is 0.0652. The molecule has 1 N–H and O–H groups in total. The third kappa shape index (κ3) is 4.75. The van der Waals surface area contributed by atoms with Crippen LogP contribution in [0.25, 0.3) is 0 Å². The molecule has 0 spiro atoms. The Bertz CT molecular complexity index is 479. The van der Waals surface area contributed by atoms with Crippen LogP contribution in [0.5, 0.6) is 5.75 Å². The molecule has 0 saturated carbocycles. The molecule has 0 aromatic heterocycles. The molecule has 1 heterocycles. The highest BCUT2D eigenvalue weighted by atomic mass is 16.5. The summed E-state index contributed by atoms with van der Waals surface area (Å²) in [6.07, 6.45) is 2.15. The first kappa shape index (κ1) is 15.3. The Hall–Kier alpha value is -2.08. The van der Waals surface area contributed by atoms with Crippen LogP contribution in [0.1, 0.15) is 23.2 Å². The zero-order chi connectivity index (χ0) is 15.1. The second kappa shape index (κ2) is 7.64. The molecule has 0 aliphatic carbocycles. The molecule has 2 rings (SSSR count). The topological polar surface area (TPSA) is 73.9 Å². The molecule has 0 bridgehead atoms. The summed E-state index contributed by atoms with van der Waals surface area (Å²) < 4.78 is 15.4. The zero-order valence-electron chi connectivity index (χ0n) is 12.0. The summed E-state index contributed by atoms with van der Waals surface area (Å²) in [5.41, 5.74) is 0.438. The summed E-state index contributed by atoms with van der Waals surface area (Å²) in [7, 11) is 1.32. The molecular formula is C15H19NO5. The van der Waals surface area contributed by atoms with Gasteiger partial charge in [-0.2, -0.15) is 0 Å². The van der Waals surface area contributed by atoms with E-state index in [0.717, 1.165) is 19.4 Å². The summed E-state index contributed by atoms with van der Waals surface area (Å²) in [6.45, 7) is 1.22. The van der Waals surface area contributed by atoms with Crippen LogP contribution in [0, 0.1) is 0 Å². The minimum Gasteiger partial charge on any atom is -0.484 e. The molecular weight excluding hydrogens is 274 g/mol. The smallest absolute Gasteiger partial charge is 0.337 e. The fourth-order valence-corrected chi connectivity index (χ4v) is 2.04. The van der Waals surface area contributed by atoms with Crippen LogP contribution in [0.2, 0.25) is 0 Å². The highest BCUT2D eigenvalue weighted by molar-refractivity contribution is 5.89. The Morgan fingerprint density at radius 2 is 2.10 bits per heavy atom. The van der Waals surface area contributed by atoms with Gasteiger partial charge in [0, 0.05) is 13.2 Å². The zero-order valence-corrected chi connectivity index (χ0v) is 12.0. The van der Waals surface area contributed by atoms with Crippen molar-refractivity contribution in [1.82, 2.24) is 5.32 Å². The number of carbonyl (C=O) groups excluding carboxylic acids is 2. The molecule has 1 aromatic carbocycles. The highest BCUT2D eigenvalue weighted by Crippen LogP contribution is 2.13. The average molecular weight is 293 g/mol. The number of carbonyl (C=O) groups is 2. The molecule has 0 radical (unpaired) electrons. The SMILES string of the molecule is COC(=O)c1ccc(OCC(=O)NCC2CCCO2)cc1. The number of hydrogen-bond acceptors (Lipinski definition) is 5. The largest absolute Gasteiger partial charge is 0.484 e. The van der Waals surface area contributed by atoms with Gasteiger partial charge in [-0.3, -0.25) is 4.79 Å². The molecule has 1 amide bonds. The molecule has 1 atom stereocenters. The van der Waals surface area contributed by atoms with Gasteiger partial charge in [0.15, 0.2) is 6.61 Å². The lowest BCUT2D eigenvalue weighted by atomic mass is 10.2. The number of methoxy groups -OCH3 is 1. The van der Waals surface area contributed by atoms with Crippen LogP contribution in [0.15, 0.2) is 24.3 Å². The third-order valence-electron chi connectivity index (χ3n) is 3.20. The second-order valence-corrected chi connectivity index (χ2v) is 4.74. The molecule has 1 fully saturated rings. The predicted octanol–water partition coefficient (Wildman–Crippen LogP) is 1.15. The summed E-state index contributed by atoms with van der Waals surface area (Å²) in [6, 6.07) is 6.43. The first-order chi connectivity index (χ1) is 10.2. The maximum Gasteiger partial charge on any atom is 0.337 e. The minimum atomic E-state index is -0.407. The fraction of sp³-hybridized carbons (Fsp3) is 0.467. The van der Waals surface area contributed by atoms with Crippen LogP contribution in [-0.4, -0.2) is 44.8 Å². The summed E-state index contributed by atoms with van der Waals surface area (Å²) >= 11 is 0. The van der Waals surface area contributed by atoms with E-state index in [2.05, 4.69) is 10.1 Å². The number of benzene rings is 1. The molecule has 6 heteroatoms. The van der Waals surface area contributed by atoms with Crippen molar-refractivity contribution in [1.29, 1.82) is 0 Å². The normalized spacial score (nSPS) is 17.3. The summed E-state index contributed by atoms with van der Waals surface area (Å²) in [5, 5.41) is 2.77. The number of hydrogen-bond donors (Lipinski definition) is 1. The lowest BCUT2D eigenvalue weighted by Crippen LogP contribution is -2.35. The number of ether oxygens (including phenoxy) is 3. The van der Waals surface area contributed by atoms with E-state index in [1.54, 1.807) is 24.3 Å². The van der Waals surface area contributed by atoms with E-state index in [0.29, 0.717) is 17.9 Å². The van der Waals surface area contributed by atoms with Crippen LogP contribution >= 0.6 is 0 Å². The van der Waals surface area contributed by atoms with Crippen molar-refractivity contribution in [3.05, 3.63) is 29.8 Å². The molecule has 1 saturated heterocycles. The third-order valence-corrected chi connectivity index (χ3v) is 3.20. The van der Waals surface area contributed by atoms with Gasteiger partial charge >= 0.3 is 5.97 Å². The molecule has 1 aliphatic rings. The van der Waals surface area contributed by atoms with Crippen molar-refractivity contribution in [2.24, 2.45) is 0 Å². The van der Waals surface area contributed by atoms with Crippen LogP contribution in [-0.2, 0) is 14.3 Å². The van der Waals surface area contributed by atoms with Crippen molar-refractivity contribution in [3.63, 3.8) is 0 Å². The van der Waals surface area contributed by atoms with Gasteiger partial charge in [-0.1, -0.05) is 0 Å². The number of amides is 1. The monoisotopic (exact) mass is 293 g/mol. The van der Waals surface area contributed by atoms with E-state index >= 15 is 0 Å².